The van der Waals surface area contributed by atoms with Gasteiger partial charge < -0.3 is 14.6 Å². The number of nitrogens with one attached hydrogen (secondary N) is 1. The summed E-state index contributed by atoms with van der Waals surface area (Å²) in [6.45, 7) is 3.22. The molecule has 1 N–H and O–H groups in total. The Balaban J connectivity index is 2.11. The molecule has 1 rings (SSSR count). The molecule has 0 radical (unpaired) electrons. The molecule has 0 aliphatic rings. The summed E-state index contributed by atoms with van der Waals surface area (Å²) < 4.78 is 9.79. The van der Waals surface area contributed by atoms with Crippen LogP contribution in [0, 0.1) is 6.92 Å². The van der Waals surface area contributed by atoms with Crippen molar-refractivity contribution in [2.75, 3.05) is 20.3 Å². The standard InChI is InChI=1S/C11H18N2O3/c1-9-7-10(13-16-9)8-11(14)12-5-3-4-6-15-2/h7H,3-6,8H2,1-2H3,(H,12,14). The first-order chi connectivity index (χ1) is 7.72. The van der Waals surface area contributed by atoms with E-state index in [0.29, 0.717) is 12.2 Å². The van der Waals surface area contributed by atoms with E-state index in [1.807, 2.05) is 0 Å². The Hall–Kier alpha value is -1.36. The van der Waals surface area contributed by atoms with Gasteiger partial charge in [-0.25, -0.2) is 0 Å². The van der Waals surface area contributed by atoms with E-state index < -0.39 is 0 Å². The Morgan fingerprint density at radius 2 is 2.38 bits per heavy atom. The third-order valence-electron chi connectivity index (χ3n) is 2.12. The summed E-state index contributed by atoms with van der Waals surface area (Å²) in [5.74, 6) is 0.702. The third kappa shape index (κ3) is 4.93. The Morgan fingerprint density at radius 1 is 1.56 bits per heavy atom. The van der Waals surface area contributed by atoms with E-state index in [1.54, 1.807) is 20.1 Å². The zero-order valence-electron chi connectivity index (χ0n) is 9.78. The fourth-order valence-electron chi connectivity index (χ4n) is 1.33. The molecule has 1 aromatic heterocycles. The second-order valence-electron chi connectivity index (χ2n) is 3.66. The normalized spacial score (nSPS) is 10.4. The molecule has 0 fully saturated rings. The molecule has 0 spiro atoms. The molecule has 1 heterocycles. The Kier molecular flexibility index (Phi) is 5.56. The molecule has 0 atom stereocenters. The summed E-state index contributed by atoms with van der Waals surface area (Å²) in [5.41, 5.74) is 0.673. The van der Waals surface area contributed by atoms with Gasteiger partial charge in [-0.2, -0.15) is 0 Å². The molecule has 90 valence electrons. The van der Waals surface area contributed by atoms with Gasteiger partial charge in [0.05, 0.1) is 12.1 Å². The second kappa shape index (κ2) is 7.00. The van der Waals surface area contributed by atoms with E-state index in [1.165, 1.54) is 0 Å². The summed E-state index contributed by atoms with van der Waals surface area (Å²) in [7, 11) is 1.67. The van der Waals surface area contributed by atoms with Gasteiger partial charge in [0.1, 0.15) is 5.76 Å². The minimum Gasteiger partial charge on any atom is -0.385 e. The topological polar surface area (TPSA) is 64.4 Å². The number of carbonyl (C=O) groups is 1. The molecule has 5 heteroatoms. The maximum absolute atomic E-state index is 11.4. The van der Waals surface area contributed by atoms with Gasteiger partial charge in [0, 0.05) is 26.3 Å². The molecule has 1 amide bonds. The van der Waals surface area contributed by atoms with Crippen LogP contribution in [0.1, 0.15) is 24.3 Å². The van der Waals surface area contributed by atoms with Gasteiger partial charge in [-0.3, -0.25) is 4.79 Å². The van der Waals surface area contributed by atoms with Gasteiger partial charge >= 0.3 is 0 Å². The van der Waals surface area contributed by atoms with Crippen molar-refractivity contribution in [3.63, 3.8) is 0 Å². The van der Waals surface area contributed by atoms with Gasteiger partial charge in [-0.05, 0) is 19.8 Å². The lowest BCUT2D eigenvalue weighted by atomic mass is 10.2. The average Bonchev–Trinajstić information content (AvgIpc) is 2.63. The molecular weight excluding hydrogens is 208 g/mol. The van der Waals surface area contributed by atoms with E-state index in [0.717, 1.165) is 25.2 Å². The Morgan fingerprint density at radius 3 is 3.00 bits per heavy atom. The number of ether oxygens (including phenoxy) is 1. The fraction of sp³-hybridized carbons (Fsp3) is 0.636. The second-order valence-corrected chi connectivity index (χ2v) is 3.66. The van der Waals surface area contributed by atoms with Crippen LogP contribution in [0.15, 0.2) is 10.6 Å². The number of hydrogen-bond donors (Lipinski definition) is 1. The number of nitrogens with zero attached hydrogens (tertiary/aromatic N) is 1. The van der Waals surface area contributed by atoms with Crippen LogP contribution in [0.25, 0.3) is 0 Å². The molecule has 5 nitrogen and oxygen atoms in total. The SMILES string of the molecule is COCCCCNC(=O)Cc1cc(C)on1. The molecular formula is C11H18N2O3. The summed E-state index contributed by atoms with van der Waals surface area (Å²) in [5, 5.41) is 6.58. The number of aryl methyl sites for hydroxylation is 1. The molecule has 0 aliphatic carbocycles. The van der Waals surface area contributed by atoms with Crippen LogP contribution in [0.2, 0.25) is 0 Å². The van der Waals surface area contributed by atoms with Gasteiger partial charge in [0.15, 0.2) is 0 Å². The minimum absolute atomic E-state index is 0.0225. The van der Waals surface area contributed by atoms with Crippen molar-refractivity contribution >= 4 is 5.91 Å². The van der Waals surface area contributed by atoms with Gasteiger partial charge in [0.2, 0.25) is 5.91 Å². The first kappa shape index (κ1) is 12.7. The summed E-state index contributed by atoms with van der Waals surface area (Å²) >= 11 is 0. The first-order valence-electron chi connectivity index (χ1n) is 5.40. The van der Waals surface area contributed by atoms with Gasteiger partial charge in [-0.15, -0.1) is 0 Å². The monoisotopic (exact) mass is 226 g/mol. The number of methoxy groups -OCH3 is 1. The van der Waals surface area contributed by atoms with E-state index >= 15 is 0 Å². The van der Waals surface area contributed by atoms with Crippen molar-refractivity contribution in [2.24, 2.45) is 0 Å². The number of hydrogen-bond acceptors (Lipinski definition) is 4. The first-order valence-corrected chi connectivity index (χ1v) is 5.40. The lowest BCUT2D eigenvalue weighted by molar-refractivity contribution is -0.120. The zero-order chi connectivity index (χ0) is 11.8. The highest BCUT2D eigenvalue weighted by Gasteiger charge is 2.06. The van der Waals surface area contributed by atoms with Gasteiger partial charge in [-0.1, -0.05) is 5.16 Å². The van der Waals surface area contributed by atoms with Crippen LogP contribution < -0.4 is 5.32 Å². The summed E-state index contributed by atoms with van der Waals surface area (Å²) in [6.07, 6.45) is 2.17. The lowest BCUT2D eigenvalue weighted by Gasteiger charge is -2.03. The maximum atomic E-state index is 11.4. The smallest absolute Gasteiger partial charge is 0.226 e. The van der Waals surface area contributed by atoms with E-state index in [-0.39, 0.29) is 12.3 Å². The number of aromatic nitrogens is 1. The van der Waals surface area contributed by atoms with Crippen LogP contribution in [-0.4, -0.2) is 31.3 Å². The highest BCUT2D eigenvalue weighted by Crippen LogP contribution is 2.01. The number of rotatable bonds is 7. The predicted octanol–water partition coefficient (Wildman–Crippen LogP) is 1.07. The largest absolute Gasteiger partial charge is 0.385 e. The fourth-order valence-corrected chi connectivity index (χ4v) is 1.33. The van der Waals surface area contributed by atoms with Crippen LogP contribution in [-0.2, 0) is 16.0 Å². The van der Waals surface area contributed by atoms with Crippen molar-refractivity contribution < 1.29 is 14.1 Å². The summed E-state index contributed by atoms with van der Waals surface area (Å²) in [4.78, 5) is 11.4. The number of amides is 1. The van der Waals surface area contributed by atoms with Gasteiger partial charge in [0.25, 0.3) is 0 Å². The Labute approximate surface area is 95.1 Å². The lowest BCUT2D eigenvalue weighted by Crippen LogP contribution is -2.26. The van der Waals surface area contributed by atoms with Crippen molar-refractivity contribution in [2.45, 2.75) is 26.2 Å². The van der Waals surface area contributed by atoms with E-state index in [4.69, 9.17) is 9.26 Å². The Bertz CT molecular complexity index is 323. The molecule has 0 aliphatic heterocycles. The summed E-state index contributed by atoms with van der Waals surface area (Å²) in [6, 6.07) is 1.77. The van der Waals surface area contributed by atoms with Crippen LogP contribution >= 0.6 is 0 Å². The molecule has 0 saturated heterocycles. The van der Waals surface area contributed by atoms with Crippen molar-refractivity contribution in [1.29, 1.82) is 0 Å². The molecule has 0 unspecified atom stereocenters. The van der Waals surface area contributed by atoms with Crippen LogP contribution in [0.3, 0.4) is 0 Å². The molecule has 0 aromatic carbocycles. The molecule has 1 aromatic rings. The van der Waals surface area contributed by atoms with E-state index in [9.17, 15) is 4.79 Å². The van der Waals surface area contributed by atoms with Crippen molar-refractivity contribution in [1.82, 2.24) is 10.5 Å². The zero-order valence-corrected chi connectivity index (χ0v) is 9.78. The molecule has 0 saturated carbocycles. The molecule has 0 bridgehead atoms. The third-order valence-corrected chi connectivity index (χ3v) is 2.12. The highest BCUT2D eigenvalue weighted by molar-refractivity contribution is 5.77. The maximum Gasteiger partial charge on any atom is 0.226 e. The number of unbranched alkanes of at least 4 members (excludes halogenated alkanes) is 1. The quantitative estimate of drug-likeness (QED) is 0.706. The molecule has 16 heavy (non-hydrogen) atoms. The minimum atomic E-state index is -0.0225. The highest BCUT2D eigenvalue weighted by atomic mass is 16.5. The van der Waals surface area contributed by atoms with Crippen LogP contribution in [0.5, 0.6) is 0 Å². The van der Waals surface area contributed by atoms with Crippen molar-refractivity contribution in [3.05, 3.63) is 17.5 Å². The average molecular weight is 226 g/mol. The predicted molar refractivity (Wildman–Crippen MR) is 59.1 cm³/mol. The van der Waals surface area contributed by atoms with E-state index in [2.05, 4.69) is 10.5 Å². The number of carbonyl (C=O) groups excluding carboxylic acids is 1. The van der Waals surface area contributed by atoms with Crippen molar-refractivity contribution in [3.8, 4) is 0 Å². The van der Waals surface area contributed by atoms with Crippen LogP contribution in [0.4, 0.5) is 0 Å².